The van der Waals surface area contributed by atoms with Gasteiger partial charge in [-0.1, -0.05) is 6.92 Å². The Morgan fingerprint density at radius 3 is 2.68 bits per heavy atom. The summed E-state index contributed by atoms with van der Waals surface area (Å²) in [5.74, 6) is 0.246. The first kappa shape index (κ1) is 12.2. The first-order valence-corrected chi connectivity index (χ1v) is 7.47. The molecule has 1 saturated carbocycles. The van der Waals surface area contributed by atoms with Crippen LogP contribution in [0.4, 0.5) is 0 Å². The first-order valence-electron chi connectivity index (χ1n) is 7.47. The Morgan fingerprint density at radius 1 is 1.16 bits per heavy atom. The fourth-order valence-electron chi connectivity index (χ4n) is 4.10. The van der Waals surface area contributed by atoms with Crippen molar-refractivity contribution in [2.24, 2.45) is 11.8 Å². The summed E-state index contributed by atoms with van der Waals surface area (Å²) in [6.07, 6.45) is 4.58. The molecule has 4 rings (SSSR count). The number of carbonyl (C=O) groups is 1. The third-order valence-corrected chi connectivity index (χ3v) is 5.83. The van der Waals surface area contributed by atoms with E-state index in [1.54, 1.807) is 0 Å². The molecule has 0 N–H and O–H groups in total. The van der Waals surface area contributed by atoms with Gasteiger partial charge in [-0.15, -0.1) is 0 Å². The van der Waals surface area contributed by atoms with Crippen LogP contribution in [0.15, 0.2) is 0 Å². The van der Waals surface area contributed by atoms with Gasteiger partial charge in [0.1, 0.15) is 6.10 Å². The minimum Gasteiger partial charge on any atom is -0.462 e. The molecule has 0 amide bonds. The van der Waals surface area contributed by atoms with Crippen LogP contribution in [0, 0.1) is 11.8 Å². The molecule has 4 heteroatoms. The van der Waals surface area contributed by atoms with E-state index in [0.717, 1.165) is 25.7 Å². The lowest BCUT2D eigenvalue weighted by Crippen LogP contribution is -2.30. The molecule has 3 heterocycles. The van der Waals surface area contributed by atoms with Gasteiger partial charge in [-0.25, -0.2) is 0 Å². The van der Waals surface area contributed by atoms with Gasteiger partial charge in [0.25, 0.3) is 0 Å². The third kappa shape index (κ3) is 1.76. The molecule has 0 radical (unpaired) electrons. The molecule has 7 atom stereocenters. The third-order valence-electron chi connectivity index (χ3n) is 5.83. The molecular formula is C15H22O4. The summed E-state index contributed by atoms with van der Waals surface area (Å²) in [7, 11) is 0. The Kier molecular flexibility index (Phi) is 2.26. The maximum Gasteiger partial charge on any atom is 0.309 e. The van der Waals surface area contributed by atoms with E-state index in [-0.39, 0.29) is 29.2 Å². The average Bonchev–Trinajstić information content (AvgIpc) is 3.15. The molecule has 3 aliphatic heterocycles. The molecule has 4 aliphatic rings. The molecule has 4 nitrogen and oxygen atoms in total. The summed E-state index contributed by atoms with van der Waals surface area (Å²) in [5.41, 5.74) is -0.0640. The van der Waals surface area contributed by atoms with Gasteiger partial charge in [-0.2, -0.15) is 0 Å². The number of epoxide rings is 2. The van der Waals surface area contributed by atoms with Gasteiger partial charge in [0.05, 0.1) is 29.3 Å². The van der Waals surface area contributed by atoms with Crippen molar-refractivity contribution >= 4 is 5.97 Å². The zero-order chi connectivity index (χ0) is 13.4. The molecule has 0 aromatic rings. The van der Waals surface area contributed by atoms with Crippen molar-refractivity contribution in [3.63, 3.8) is 0 Å². The van der Waals surface area contributed by atoms with Crippen molar-refractivity contribution in [2.75, 3.05) is 0 Å². The van der Waals surface area contributed by atoms with Crippen molar-refractivity contribution in [2.45, 2.75) is 76.0 Å². The van der Waals surface area contributed by atoms with Crippen molar-refractivity contribution in [1.29, 1.82) is 0 Å². The van der Waals surface area contributed by atoms with E-state index in [1.165, 1.54) is 0 Å². The van der Waals surface area contributed by atoms with Crippen LogP contribution < -0.4 is 0 Å². The van der Waals surface area contributed by atoms with Gasteiger partial charge in [-0.3, -0.25) is 4.79 Å². The minimum atomic E-state index is -0.0780. The van der Waals surface area contributed by atoms with Crippen molar-refractivity contribution in [3.8, 4) is 0 Å². The molecule has 0 bridgehead atoms. The quantitative estimate of drug-likeness (QED) is 0.497. The molecule has 0 spiro atoms. The van der Waals surface area contributed by atoms with E-state index in [9.17, 15) is 4.79 Å². The van der Waals surface area contributed by atoms with E-state index in [4.69, 9.17) is 14.2 Å². The Hall–Kier alpha value is -0.610. The maximum atomic E-state index is 11.9. The zero-order valence-corrected chi connectivity index (χ0v) is 11.8. The number of hydrogen-bond acceptors (Lipinski definition) is 4. The number of ether oxygens (including phenoxy) is 3. The SMILES string of the molecule is C[C@H]1C(=O)O[C@H]2C[C@@]3(C)O[C@H]3CC[C@@]3(C)O[C@@H]3C[C@@H]21. The van der Waals surface area contributed by atoms with Crippen LogP contribution in [-0.4, -0.2) is 35.5 Å². The summed E-state index contributed by atoms with van der Waals surface area (Å²) in [6, 6.07) is 0. The zero-order valence-electron chi connectivity index (χ0n) is 11.8. The van der Waals surface area contributed by atoms with Gasteiger partial charge in [0.15, 0.2) is 0 Å². The summed E-state index contributed by atoms with van der Waals surface area (Å²) in [5, 5.41) is 0. The summed E-state index contributed by atoms with van der Waals surface area (Å²) >= 11 is 0. The first-order chi connectivity index (χ1) is 8.91. The van der Waals surface area contributed by atoms with Crippen LogP contribution in [0.2, 0.25) is 0 Å². The summed E-state index contributed by atoms with van der Waals surface area (Å²) in [4.78, 5) is 11.9. The predicted octanol–water partition coefficient (Wildman–Crippen LogP) is 2.05. The van der Waals surface area contributed by atoms with Gasteiger partial charge in [-0.05, 0) is 33.1 Å². The second-order valence-electron chi connectivity index (χ2n) is 7.24. The molecule has 0 aromatic heterocycles. The van der Waals surface area contributed by atoms with Crippen molar-refractivity contribution in [3.05, 3.63) is 0 Å². The molecule has 106 valence electrons. The van der Waals surface area contributed by atoms with E-state index in [1.807, 2.05) is 6.92 Å². The number of rotatable bonds is 0. The average molecular weight is 266 g/mol. The number of hydrogen-bond donors (Lipinski definition) is 0. The highest BCUT2D eigenvalue weighted by Gasteiger charge is 2.62. The predicted molar refractivity (Wildman–Crippen MR) is 67.6 cm³/mol. The normalized spacial score (nSPS) is 59.5. The molecule has 0 aromatic carbocycles. The Morgan fingerprint density at radius 2 is 1.89 bits per heavy atom. The molecule has 0 unspecified atom stereocenters. The maximum absolute atomic E-state index is 11.9. The lowest BCUT2D eigenvalue weighted by atomic mass is 9.79. The number of esters is 1. The van der Waals surface area contributed by atoms with Crippen LogP contribution in [0.5, 0.6) is 0 Å². The topological polar surface area (TPSA) is 51.4 Å². The van der Waals surface area contributed by atoms with E-state index >= 15 is 0 Å². The number of fused-ring (bicyclic) bond motifs is 3. The van der Waals surface area contributed by atoms with Crippen LogP contribution in [0.25, 0.3) is 0 Å². The van der Waals surface area contributed by atoms with E-state index in [0.29, 0.717) is 18.1 Å². The van der Waals surface area contributed by atoms with Crippen molar-refractivity contribution < 1.29 is 19.0 Å². The lowest BCUT2D eigenvalue weighted by molar-refractivity contribution is -0.144. The molecule has 1 aliphatic carbocycles. The largest absolute Gasteiger partial charge is 0.462 e. The van der Waals surface area contributed by atoms with E-state index < -0.39 is 0 Å². The highest BCUT2D eigenvalue weighted by Crippen LogP contribution is 2.54. The Labute approximate surface area is 113 Å². The number of carbonyl (C=O) groups excluding carboxylic acids is 1. The fourth-order valence-corrected chi connectivity index (χ4v) is 4.10. The highest BCUT2D eigenvalue weighted by atomic mass is 16.6. The second kappa shape index (κ2) is 3.53. The molecule has 4 fully saturated rings. The molecular weight excluding hydrogens is 244 g/mol. The van der Waals surface area contributed by atoms with Crippen LogP contribution in [-0.2, 0) is 19.0 Å². The van der Waals surface area contributed by atoms with Gasteiger partial charge < -0.3 is 14.2 Å². The lowest BCUT2D eigenvalue weighted by Gasteiger charge is -2.22. The standard InChI is InChI=1S/C15H22O4/c1-8-9-6-12-14(2,19-12)5-4-11-15(3,18-11)7-10(9)17-13(8)16/h8-12H,4-7H2,1-3H3/t8-,9-,10+,11+,12-,14-,15-/m1/s1. The monoisotopic (exact) mass is 266 g/mol. The minimum absolute atomic E-state index is 0.00123. The molecule has 3 saturated heterocycles. The Bertz CT molecular complexity index is 436. The summed E-state index contributed by atoms with van der Waals surface area (Å²) < 4.78 is 17.4. The fraction of sp³-hybridized carbons (Fsp3) is 0.933. The van der Waals surface area contributed by atoms with E-state index in [2.05, 4.69) is 13.8 Å². The Balaban J connectivity index is 1.60. The van der Waals surface area contributed by atoms with Gasteiger partial charge in [0.2, 0.25) is 0 Å². The summed E-state index contributed by atoms with van der Waals surface area (Å²) in [6.45, 7) is 6.34. The highest BCUT2D eigenvalue weighted by molar-refractivity contribution is 5.74. The van der Waals surface area contributed by atoms with Crippen LogP contribution in [0.1, 0.15) is 46.5 Å². The van der Waals surface area contributed by atoms with Gasteiger partial charge >= 0.3 is 5.97 Å². The second-order valence-corrected chi connectivity index (χ2v) is 7.24. The smallest absolute Gasteiger partial charge is 0.309 e. The van der Waals surface area contributed by atoms with Crippen molar-refractivity contribution in [1.82, 2.24) is 0 Å². The van der Waals surface area contributed by atoms with Crippen LogP contribution >= 0.6 is 0 Å². The molecule has 19 heavy (non-hydrogen) atoms. The van der Waals surface area contributed by atoms with Crippen LogP contribution in [0.3, 0.4) is 0 Å². The van der Waals surface area contributed by atoms with Gasteiger partial charge in [0, 0.05) is 12.3 Å².